The number of hydrogen-bond donors (Lipinski definition) is 0. The fourth-order valence-electron chi connectivity index (χ4n) is 1.48. The first kappa shape index (κ1) is 16.4. The van der Waals surface area contributed by atoms with E-state index in [1.54, 1.807) is 0 Å². The maximum absolute atomic E-state index is 11.2. The molecule has 0 aromatic heterocycles. The molecule has 0 aliphatic carbocycles. The highest BCUT2D eigenvalue weighted by Crippen LogP contribution is 2.07. The molecule has 0 amide bonds. The highest BCUT2D eigenvalue weighted by atomic mass is 17.2. The Morgan fingerprint density at radius 1 is 1.06 bits per heavy atom. The van der Waals surface area contributed by atoms with Crippen molar-refractivity contribution in [1.82, 2.24) is 0 Å². The Labute approximate surface area is 106 Å². The summed E-state index contributed by atoms with van der Waals surface area (Å²) in [4.78, 5) is 20.8. The van der Waals surface area contributed by atoms with Crippen LogP contribution in [0.1, 0.15) is 72.1 Å². The van der Waals surface area contributed by atoms with E-state index < -0.39 is 0 Å². The molecule has 0 fully saturated rings. The van der Waals surface area contributed by atoms with Crippen LogP contribution in [0, 0.1) is 5.92 Å². The van der Waals surface area contributed by atoms with E-state index in [0.29, 0.717) is 18.9 Å². The number of unbranched alkanes of at least 4 members (excludes halogenated alkanes) is 5. The quantitative estimate of drug-likeness (QED) is 0.309. The van der Waals surface area contributed by atoms with Gasteiger partial charge in [0.2, 0.25) is 0 Å². The average molecular weight is 244 g/mol. The lowest BCUT2D eigenvalue weighted by Gasteiger charge is -2.05. The minimum absolute atomic E-state index is 0.232. The average Bonchev–Trinajstić information content (AvgIpc) is 2.29. The van der Waals surface area contributed by atoms with Crippen LogP contribution in [0.3, 0.4) is 0 Å². The minimum atomic E-state index is -0.232. The van der Waals surface area contributed by atoms with Crippen LogP contribution in [0.2, 0.25) is 0 Å². The molecule has 0 N–H and O–H groups in total. The fraction of sp³-hybridized carbons (Fsp3) is 0.929. The number of carbonyl (C=O) groups excluding carboxylic acids is 1. The summed E-state index contributed by atoms with van der Waals surface area (Å²) < 4.78 is 0. The van der Waals surface area contributed by atoms with Crippen LogP contribution in [0.15, 0.2) is 0 Å². The van der Waals surface area contributed by atoms with E-state index in [1.165, 1.54) is 25.7 Å². The Bertz CT molecular complexity index is 178. The second-order valence-electron chi connectivity index (χ2n) is 4.98. The van der Waals surface area contributed by atoms with Crippen molar-refractivity contribution < 1.29 is 14.6 Å². The normalized spacial score (nSPS) is 10.8. The summed E-state index contributed by atoms with van der Waals surface area (Å²) in [5.41, 5.74) is 0. The predicted octanol–water partition coefficient (Wildman–Crippen LogP) is 4.26. The molecular formula is C14H28O3. The third kappa shape index (κ3) is 13.4. The summed E-state index contributed by atoms with van der Waals surface area (Å²) in [6.07, 6.45) is 8.47. The van der Waals surface area contributed by atoms with E-state index in [9.17, 15) is 4.79 Å². The molecule has 0 aromatic carbocycles. The zero-order chi connectivity index (χ0) is 12.9. The van der Waals surface area contributed by atoms with Gasteiger partial charge in [0.15, 0.2) is 0 Å². The highest BCUT2D eigenvalue weighted by Gasteiger charge is 2.04. The van der Waals surface area contributed by atoms with E-state index in [-0.39, 0.29) is 5.97 Å². The van der Waals surface area contributed by atoms with Gasteiger partial charge < -0.3 is 0 Å². The van der Waals surface area contributed by atoms with Crippen LogP contribution in [0.5, 0.6) is 0 Å². The highest BCUT2D eigenvalue weighted by molar-refractivity contribution is 5.68. The molecule has 0 saturated carbocycles. The largest absolute Gasteiger partial charge is 0.342 e. The summed E-state index contributed by atoms with van der Waals surface area (Å²) in [7, 11) is 0. The molecule has 17 heavy (non-hydrogen) atoms. The van der Waals surface area contributed by atoms with Crippen molar-refractivity contribution in [3.05, 3.63) is 0 Å². The first-order chi connectivity index (χ1) is 8.16. The van der Waals surface area contributed by atoms with Crippen molar-refractivity contribution in [3.8, 4) is 0 Å². The fourth-order valence-corrected chi connectivity index (χ4v) is 1.48. The Balaban J connectivity index is 3.18. The molecule has 3 heteroatoms. The van der Waals surface area contributed by atoms with Gasteiger partial charge in [-0.2, -0.15) is 4.89 Å². The lowest BCUT2D eigenvalue weighted by Crippen LogP contribution is -2.07. The van der Waals surface area contributed by atoms with Crippen molar-refractivity contribution in [2.45, 2.75) is 72.1 Å². The Hall–Kier alpha value is -0.570. The molecule has 0 spiro atoms. The first-order valence-corrected chi connectivity index (χ1v) is 6.99. The molecule has 0 unspecified atom stereocenters. The van der Waals surface area contributed by atoms with Gasteiger partial charge in [-0.05, 0) is 18.8 Å². The minimum Gasteiger partial charge on any atom is -0.298 e. The van der Waals surface area contributed by atoms with E-state index in [2.05, 4.69) is 25.7 Å². The summed E-state index contributed by atoms with van der Waals surface area (Å²) in [6.45, 7) is 6.93. The second kappa shape index (κ2) is 11.9. The molecule has 0 aliphatic heterocycles. The smallest absolute Gasteiger partial charge is 0.298 e. The van der Waals surface area contributed by atoms with E-state index in [4.69, 9.17) is 4.89 Å². The van der Waals surface area contributed by atoms with E-state index in [1.807, 2.05) is 0 Å². The molecule has 0 aliphatic rings. The van der Waals surface area contributed by atoms with Crippen molar-refractivity contribution in [2.24, 2.45) is 5.92 Å². The van der Waals surface area contributed by atoms with E-state index in [0.717, 1.165) is 19.3 Å². The second-order valence-corrected chi connectivity index (χ2v) is 4.98. The zero-order valence-electron chi connectivity index (χ0n) is 11.7. The number of rotatable bonds is 11. The summed E-state index contributed by atoms with van der Waals surface area (Å²) >= 11 is 0. The zero-order valence-corrected chi connectivity index (χ0v) is 11.7. The third-order valence-corrected chi connectivity index (χ3v) is 2.66. The Morgan fingerprint density at radius 3 is 2.35 bits per heavy atom. The molecule has 3 nitrogen and oxygen atoms in total. The van der Waals surface area contributed by atoms with Crippen molar-refractivity contribution in [3.63, 3.8) is 0 Å². The van der Waals surface area contributed by atoms with Crippen LogP contribution < -0.4 is 0 Å². The van der Waals surface area contributed by atoms with Gasteiger partial charge in [-0.15, -0.1) is 0 Å². The van der Waals surface area contributed by atoms with Crippen molar-refractivity contribution in [2.75, 3.05) is 6.61 Å². The lowest BCUT2D eigenvalue weighted by atomic mass is 10.1. The van der Waals surface area contributed by atoms with Gasteiger partial charge in [-0.3, -0.25) is 4.89 Å². The first-order valence-electron chi connectivity index (χ1n) is 6.99. The molecule has 0 bridgehead atoms. The standard InChI is InChI=1S/C14H28O3/c1-4-5-6-7-8-9-10-14(15)17-16-12-11-13(2)3/h13H,4-12H2,1-3H3. The predicted molar refractivity (Wildman–Crippen MR) is 69.5 cm³/mol. The summed E-state index contributed by atoms with van der Waals surface area (Å²) in [6, 6.07) is 0. The maximum atomic E-state index is 11.2. The SMILES string of the molecule is CCCCCCCCC(=O)OOCCC(C)C. The van der Waals surface area contributed by atoms with Crippen molar-refractivity contribution >= 4 is 5.97 Å². The molecular weight excluding hydrogens is 216 g/mol. The van der Waals surface area contributed by atoms with Gasteiger partial charge in [-0.25, -0.2) is 4.79 Å². The molecule has 0 radical (unpaired) electrons. The number of hydrogen-bond acceptors (Lipinski definition) is 3. The molecule has 0 saturated heterocycles. The molecule has 102 valence electrons. The topological polar surface area (TPSA) is 35.5 Å². The van der Waals surface area contributed by atoms with Crippen LogP contribution in [0.25, 0.3) is 0 Å². The Kier molecular flexibility index (Phi) is 11.5. The van der Waals surface area contributed by atoms with Gasteiger partial charge in [0.25, 0.3) is 0 Å². The van der Waals surface area contributed by atoms with Gasteiger partial charge >= 0.3 is 5.97 Å². The molecule has 0 aromatic rings. The maximum Gasteiger partial charge on any atom is 0.342 e. The van der Waals surface area contributed by atoms with Gasteiger partial charge in [0.1, 0.15) is 0 Å². The number of carbonyl (C=O) groups is 1. The van der Waals surface area contributed by atoms with Crippen LogP contribution in [-0.2, 0) is 14.6 Å². The van der Waals surface area contributed by atoms with Crippen molar-refractivity contribution in [1.29, 1.82) is 0 Å². The molecule has 0 rings (SSSR count). The molecule has 0 heterocycles. The summed E-state index contributed by atoms with van der Waals surface area (Å²) in [5, 5.41) is 0. The van der Waals surface area contributed by atoms with Crippen LogP contribution in [0.4, 0.5) is 0 Å². The monoisotopic (exact) mass is 244 g/mol. The lowest BCUT2D eigenvalue weighted by molar-refractivity contribution is -0.273. The summed E-state index contributed by atoms with van der Waals surface area (Å²) in [5.74, 6) is 0.344. The van der Waals surface area contributed by atoms with Crippen LogP contribution in [-0.4, -0.2) is 12.6 Å². The third-order valence-electron chi connectivity index (χ3n) is 2.66. The van der Waals surface area contributed by atoms with Gasteiger partial charge in [0, 0.05) is 6.42 Å². The van der Waals surface area contributed by atoms with Crippen LogP contribution >= 0.6 is 0 Å². The Morgan fingerprint density at radius 2 is 1.71 bits per heavy atom. The van der Waals surface area contributed by atoms with E-state index >= 15 is 0 Å². The van der Waals surface area contributed by atoms with Gasteiger partial charge in [0.05, 0.1) is 6.61 Å². The molecule has 0 atom stereocenters. The van der Waals surface area contributed by atoms with Gasteiger partial charge in [-0.1, -0.05) is 52.9 Å².